The molecular formula is C13H22ClN3O. The molecule has 2 heterocycles. The van der Waals surface area contributed by atoms with Crippen LogP contribution in [0.1, 0.15) is 37.9 Å². The standard InChI is InChI=1S/C13H22ClN3O/c1-9-11(12(14)17(4)16-9)8-15-10-5-6-18-13(2,3)7-10/h10,15H,5-8H2,1-4H3. The van der Waals surface area contributed by atoms with E-state index in [1.807, 2.05) is 14.0 Å². The van der Waals surface area contributed by atoms with Crippen LogP contribution in [0.3, 0.4) is 0 Å². The molecular weight excluding hydrogens is 250 g/mol. The minimum Gasteiger partial charge on any atom is -0.375 e. The average molecular weight is 272 g/mol. The van der Waals surface area contributed by atoms with Crippen LogP contribution < -0.4 is 5.32 Å². The van der Waals surface area contributed by atoms with Gasteiger partial charge >= 0.3 is 0 Å². The number of hydrogen-bond donors (Lipinski definition) is 1. The molecule has 5 heteroatoms. The van der Waals surface area contributed by atoms with Crippen LogP contribution >= 0.6 is 11.6 Å². The number of aryl methyl sites for hydroxylation is 2. The normalized spacial score (nSPS) is 23.3. The van der Waals surface area contributed by atoms with Crippen LogP contribution in [0.25, 0.3) is 0 Å². The monoisotopic (exact) mass is 271 g/mol. The fraction of sp³-hybridized carbons (Fsp3) is 0.769. The number of hydrogen-bond acceptors (Lipinski definition) is 3. The van der Waals surface area contributed by atoms with Gasteiger partial charge in [-0.25, -0.2) is 0 Å². The van der Waals surface area contributed by atoms with Gasteiger partial charge < -0.3 is 10.1 Å². The molecule has 1 fully saturated rings. The largest absolute Gasteiger partial charge is 0.375 e. The van der Waals surface area contributed by atoms with E-state index in [4.69, 9.17) is 16.3 Å². The molecule has 0 aliphatic carbocycles. The maximum atomic E-state index is 6.22. The van der Waals surface area contributed by atoms with Crippen LogP contribution in [0.4, 0.5) is 0 Å². The Kier molecular flexibility index (Phi) is 3.99. The molecule has 1 aromatic heterocycles. The van der Waals surface area contributed by atoms with Crippen molar-refractivity contribution in [2.75, 3.05) is 6.61 Å². The van der Waals surface area contributed by atoms with Gasteiger partial charge in [-0.1, -0.05) is 11.6 Å². The van der Waals surface area contributed by atoms with E-state index < -0.39 is 0 Å². The Balaban J connectivity index is 1.95. The summed E-state index contributed by atoms with van der Waals surface area (Å²) in [7, 11) is 1.87. The molecule has 0 bridgehead atoms. The number of rotatable bonds is 3. The van der Waals surface area contributed by atoms with Gasteiger partial charge in [-0.05, 0) is 33.6 Å². The molecule has 1 aliphatic rings. The molecule has 4 nitrogen and oxygen atoms in total. The van der Waals surface area contributed by atoms with E-state index in [0.717, 1.165) is 42.4 Å². The zero-order valence-corrected chi connectivity index (χ0v) is 12.3. The number of nitrogens with zero attached hydrogens (tertiary/aromatic N) is 2. The second-order valence-corrected chi connectivity index (χ2v) is 6.02. The molecule has 1 aliphatic heterocycles. The van der Waals surface area contributed by atoms with E-state index in [-0.39, 0.29) is 5.60 Å². The molecule has 2 rings (SSSR count). The summed E-state index contributed by atoms with van der Waals surface area (Å²) >= 11 is 6.22. The summed E-state index contributed by atoms with van der Waals surface area (Å²) < 4.78 is 7.44. The molecule has 0 amide bonds. The van der Waals surface area contributed by atoms with Gasteiger partial charge in [-0.15, -0.1) is 0 Å². The van der Waals surface area contributed by atoms with Crippen LogP contribution in [-0.4, -0.2) is 28.0 Å². The lowest BCUT2D eigenvalue weighted by Crippen LogP contribution is -2.43. The minimum absolute atomic E-state index is 0.0241. The maximum Gasteiger partial charge on any atom is 0.131 e. The second kappa shape index (κ2) is 5.19. The van der Waals surface area contributed by atoms with Gasteiger partial charge in [0.1, 0.15) is 5.15 Å². The molecule has 0 saturated carbocycles. The Labute approximate surface area is 114 Å². The molecule has 18 heavy (non-hydrogen) atoms. The smallest absolute Gasteiger partial charge is 0.131 e. The van der Waals surface area contributed by atoms with E-state index in [1.165, 1.54) is 0 Å². The molecule has 1 unspecified atom stereocenters. The third kappa shape index (κ3) is 3.05. The number of nitrogens with one attached hydrogen (secondary N) is 1. The molecule has 0 aromatic carbocycles. The van der Waals surface area contributed by atoms with Crippen molar-refractivity contribution in [2.24, 2.45) is 7.05 Å². The third-order valence-corrected chi connectivity index (χ3v) is 4.01. The molecule has 1 N–H and O–H groups in total. The van der Waals surface area contributed by atoms with E-state index in [2.05, 4.69) is 24.3 Å². The van der Waals surface area contributed by atoms with Crippen molar-refractivity contribution in [1.29, 1.82) is 0 Å². The van der Waals surface area contributed by atoms with E-state index in [9.17, 15) is 0 Å². The number of ether oxygens (including phenoxy) is 1. The Morgan fingerprint density at radius 2 is 2.28 bits per heavy atom. The predicted molar refractivity (Wildman–Crippen MR) is 72.8 cm³/mol. The lowest BCUT2D eigenvalue weighted by atomic mass is 9.94. The fourth-order valence-corrected chi connectivity index (χ4v) is 2.77. The number of halogens is 1. The highest BCUT2D eigenvalue weighted by Crippen LogP contribution is 2.25. The average Bonchev–Trinajstić information content (AvgIpc) is 2.50. The SMILES string of the molecule is Cc1nn(C)c(Cl)c1CNC1CCOC(C)(C)C1. The molecule has 0 radical (unpaired) electrons. The first-order chi connectivity index (χ1) is 8.39. The Hall–Kier alpha value is -0.580. The van der Waals surface area contributed by atoms with Gasteiger partial charge in [0.25, 0.3) is 0 Å². The number of aromatic nitrogens is 2. The van der Waals surface area contributed by atoms with Crippen molar-refractivity contribution in [3.8, 4) is 0 Å². The molecule has 1 saturated heterocycles. The van der Waals surface area contributed by atoms with Crippen LogP contribution in [0.2, 0.25) is 5.15 Å². The molecule has 102 valence electrons. The summed E-state index contributed by atoms with van der Waals surface area (Å²) in [6, 6.07) is 0.490. The Morgan fingerprint density at radius 3 is 2.83 bits per heavy atom. The van der Waals surface area contributed by atoms with Gasteiger partial charge in [0.05, 0.1) is 11.3 Å². The summed E-state index contributed by atoms with van der Waals surface area (Å²) in [6.45, 7) is 7.88. The fourth-order valence-electron chi connectivity index (χ4n) is 2.53. The summed E-state index contributed by atoms with van der Waals surface area (Å²) in [4.78, 5) is 0. The van der Waals surface area contributed by atoms with Crippen LogP contribution in [0.15, 0.2) is 0 Å². The topological polar surface area (TPSA) is 39.1 Å². The van der Waals surface area contributed by atoms with E-state index >= 15 is 0 Å². The van der Waals surface area contributed by atoms with Gasteiger partial charge in [0.2, 0.25) is 0 Å². The lowest BCUT2D eigenvalue weighted by molar-refractivity contribution is -0.0630. The van der Waals surface area contributed by atoms with Crippen molar-refractivity contribution in [3.63, 3.8) is 0 Å². The van der Waals surface area contributed by atoms with Crippen molar-refractivity contribution in [1.82, 2.24) is 15.1 Å². The van der Waals surface area contributed by atoms with Gasteiger partial charge in [0, 0.05) is 31.8 Å². The zero-order chi connectivity index (χ0) is 13.3. The first-order valence-electron chi connectivity index (χ1n) is 6.44. The first kappa shape index (κ1) is 13.8. The maximum absolute atomic E-state index is 6.22. The van der Waals surface area contributed by atoms with E-state index in [1.54, 1.807) is 4.68 Å². The zero-order valence-electron chi connectivity index (χ0n) is 11.6. The predicted octanol–water partition coefficient (Wildman–Crippen LogP) is 2.43. The van der Waals surface area contributed by atoms with Crippen molar-refractivity contribution >= 4 is 11.6 Å². The summed E-state index contributed by atoms with van der Waals surface area (Å²) in [5.41, 5.74) is 2.08. The quantitative estimate of drug-likeness (QED) is 0.918. The summed E-state index contributed by atoms with van der Waals surface area (Å²) in [5, 5.41) is 8.62. The Morgan fingerprint density at radius 1 is 1.56 bits per heavy atom. The van der Waals surface area contributed by atoms with Gasteiger partial charge in [-0.2, -0.15) is 5.10 Å². The molecule has 1 atom stereocenters. The molecule has 0 spiro atoms. The van der Waals surface area contributed by atoms with Crippen molar-refractivity contribution < 1.29 is 4.74 Å². The highest BCUT2D eigenvalue weighted by Gasteiger charge is 2.28. The highest BCUT2D eigenvalue weighted by molar-refractivity contribution is 6.30. The Bertz CT molecular complexity index is 428. The minimum atomic E-state index is -0.0241. The van der Waals surface area contributed by atoms with Crippen LogP contribution in [0.5, 0.6) is 0 Å². The highest BCUT2D eigenvalue weighted by atomic mass is 35.5. The van der Waals surface area contributed by atoms with Gasteiger partial charge in [0.15, 0.2) is 0 Å². The third-order valence-electron chi connectivity index (χ3n) is 3.53. The summed E-state index contributed by atoms with van der Waals surface area (Å²) in [5.74, 6) is 0. The lowest BCUT2D eigenvalue weighted by Gasteiger charge is -2.36. The first-order valence-corrected chi connectivity index (χ1v) is 6.82. The molecule has 1 aromatic rings. The van der Waals surface area contributed by atoms with Crippen molar-refractivity contribution in [2.45, 2.75) is 51.8 Å². The van der Waals surface area contributed by atoms with Crippen LogP contribution in [-0.2, 0) is 18.3 Å². The van der Waals surface area contributed by atoms with Crippen molar-refractivity contribution in [3.05, 3.63) is 16.4 Å². The second-order valence-electron chi connectivity index (χ2n) is 5.66. The van der Waals surface area contributed by atoms with E-state index in [0.29, 0.717) is 6.04 Å². The van der Waals surface area contributed by atoms with Gasteiger partial charge in [-0.3, -0.25) is 4.68 Å². The summed E-state index contributed by atoms with van der Waals surface area (Å²) in [6.07, 6.45) is 2.09. The van der Waals surface area contributed by atoms with Crippen LogP contribution in [0, 0.1) is 6.92 Å².